The second-order valence-electron chi connectivity index (χ2n) is 4.64. The summed E-state index contributed by atoms with van der Waals surface area (Å²) < 4.78 is 0.865. The Morgan fingerprint density at radius 2 is 2.38 bits per heavy atom. The van der Waals surface area contributed by atoms with Crippen LogP contribution in [0.15, 0.2) is 12.3 Å². The van der Waals surface area contributed by atoms with Gasteiger partial charge < -0.3 is 4.98 Å². The number of rotatable bonds is 3. The minimum absolute atomic E-state index is 0.602. The molecule has 1 atom stereocenters. The molecule has 1 aliphatic rings. The molecule has 16 heavy (non-hydrogen) atoms. The van der Waals surface area contributed by atoms with E-state index < -0.39 is 0 Å². The Hall–Kier alpha value is -0.670. The molecule has 0 bridgehead atoms. The van der Waals surface area contributed by atoms with E-state index in [-0.39, 0.29) is 0 Å². The van der Waals surface area contributed by atoms with Gasteiger partial charge in [-0.3, -0.25) is 4.90 Å². The molecule has 1 N–H and O–H groups in total. The molecule has 1 aliphatic heterocycles. The van der Waals surface area contributed by atoms with Crippen molar-refractivity contribution >= 4 is 12.2 Å². The van der Waals surface area contributed by atoms with Crippen LogP contribution in [0.5, 0.6) is 0 Å². The summed E-state index contributed by atoms with van der Waals surface area (Å²) in [4.78, 5) is 5.78. The van der Waals surface area contributed by atoms with E-state index in [2.05, 4.69) is 36.0 Å². The average Bonchev–Trinajstić information content (AvgIpc) is 2.71. The first-order valence-electron chi connectivity index (χ1n) is 6.15. The zero-order chi connectivity index (χ0) is 11.5. The fourth-order valence-corrected chi connectivity index (χ4v) is 2.69. The third-order valence-corrected chi connectivity index (χ3v) is 3.81. The lowest BCUT2D eigenvalue weighted by Gasteiger charge is -2.24. The Morgan fingerprint density at radius 1 is 1.56 bits per heavy atom. The molecule has 0 radical (unpaired) electrons. The minimum Gasteiger partial charge on any atom is -0.352 e. The van der Waals surface area contributed by atoms with E-state index in [0.717, 1.165) is 4.64 Å². The molecular formula is C13H20N2S. The zero-order valence-electron chi connectivity index (χ0n) is 10.1. The number of hydrogen-bond donors (Lipinski definition) is 1. The summed E-state index contributed by atoms with van der Waals surface area (Å²) in [5.41, 5.74) is 2.59. The van der Waals surface area contributed by atoms with Crippen molar-refractivity contribution in [2.24, 2.45) is 0 Å². The number of likely N-dealkylation sites (tertiary alicyclic amines) is 1. The maximum atomic E-state index is 5.20. The van der Waals surface area contributed by atoms with Gasteiger partial charge in [-0.15, -0.1) is 0 Å². The molecule has 1 aromatic heterocycles. The van der Waals surface area contributed by atoms with Gasteiger partial charge in [0, 0.05) is 12.2 Å². The highest BCUT2D eigenvalue weighted by molar-refractivity contribution is 7.71. The summed E-state index contributed by atoms with van der Waals surface area (Å²) in [6.45, 7) is 6.78. The molecule has 1 saturated heterocycles. The summed E-state index contributed by atoms with van der Waals surface area (Å²) in [5, 5.41) is 0. The number of hydrogen-bond acceptors (Lipinski definition) is 2. The molecule has 0 spiro atoms. The van der Waals surface area contributed by atoms with E-state index in [9.17, 15) is 0 Å². The first-order valence-corrected chi connectivity index (χ1v) is 6.56. The Labute approximate surface area is 103 Å². The molecule has 0 unspecified atom stereocenters. The summed E-state index contributed by atoms with van der Waals surface area (Å²) in [6.07, 6.45) is 5.93. The van der Waals surface area contributed by atoms with Gasteiger partial charge in [-0.2, -0.15) is 0 Å². The number of aryl methyl sites for hydroxylation is 1. The van der Waals surface area contributed by atoms with Crippen molar-refractivity contribution < 1.29 is 0 Å². The standard InChI is InChI=1S/C13H20N2S/c1-3-6-15-7-4-5-12(15)11-8-10(2)13(16)14-9-11/h8-9,12H,3-7H2,1-2H3,(H,14,16)/t12-/m0/s1. The van der Waals surface area contributed by atoms with Crippen molar-refractivity contribution in [1.82, 2.24) is 9.88 Å². The quantitative estimate of drug-likeness (QED) is 0.809. The third-order valence-electron chi connectivity index (χ3n) is 3.37. The fourth-order valence-electron chi connectivity index (χ4n) is 2.57. The van der Waals surface area contributed by atoms with Crippen LogP contribution >= 0.6 is 12.2 Å². The van der Waals surface area contributed by atoms with E-state index in [1.807, 2.05) is 0 Å². The van der Waals surface area contributed by atoms with Crippen LogP contribution < -0.4 is 0 Å². The zero-order valence-corrected chi connectivity index (χ0v) is 10.9. The van der Waals surface area contributed by atoms with Gasteiger partial charge in [0.1, 0.15) is 4.64 Å². The maximum Gasteiger partial charge on any atom is 0.106 e. The Balaban J connectivity index is 2.22. The highest BCUT2D eigenvalue weighted by atomic mass is 32.1. The first-order chi connectivity index (χ1) is 7.72. The summed E-state index contributed by atoms with van der Waals surface area (Å²) in [6, 6.07) is 2.85. The molecule has 3 heteroatoms. The van der Waals surface area contributed by atoms with Crippen LogP contribution in [0.1, 0.15) is 43.4 Å². The second kappa shape index (κ2) is 5.11. The molecular weight excluding hydrogens is 216 g/mol. The van der Waals surface area contributed by atoms with E-state index in [1.165, 1.54) is 43.5 Å². The lowest BCUT2D eigenvalue weighted by Crippen LogP contribution is -2.24. The maximum absolute atomic E-state index is 5.20. The molecule has 2 rings (SSSR count). The van der Waals surface area contributed by atoms with Gasteiger partial charge >= 0.3 is 0 Å². The first kappa shape index (κ1) is 11.8. The van der Waals surface area contributed by atoms with Crippen molar-refractivity contribution in [3.8, 4) is 0 Å². The number of nitrogens with zero attached hydrogens (tertiary/aromatic N) is 1. The SMILES string of the molecule is CCCN1CCC[C@H]1c1c[nH]c(=S)c(C)c1. The smallest absolute Gasteiger partial charge is 0.106 e. The van der Waals surface area contributed by atoms with Gasteiger partial charge in [-0.1, -0.05) is 25.2 Å². The Morgan fingerprint density at radius 3 is 3.06 bits per heavy atom. The molecule has 0 saturated carbocycles. The highest BCUT2D eigenvalue weighted by Gasteiger charge is 2.25. The van der Waals surface area contributed by atoms with Crippen LogP contribution in [0.4, 0.5) is 0 Å². The molecule has 2 nitrogen and oxygen atoms in total. The van der Waals surface area contributed by atoms with E-state index >= 15 is 0 Å². The molecule has 1 aromatic rings. The Bertz CT molecular complexity index is 411. The summed E-state index contributed by atoms with van der Waals surface area (Å²) in [7, 11) is 0. The molecule has 88 valence electrons. The topological polar surface area (TPSA) is 19.0 Å². The van der Waals surface area contributed by atoms with Gasteiger partial charge in [0.2, 0.25) is 0 Å². The largest absolute Gasteiger partial charge is 0.352 e. The lowest BCUT2D eigenvalue weighted by atomic mass is 10.1. The third kappa shape index (κ3) is 2.36. The molecule has 0 aromatic carbocycles. The van der Waals surface area contributed by atoms with Gasteiger partial charge in [-0.05, 0) is 50.4 Å². The highest BCUT2D eigenvalue weighted by Crippen LogP contribution is 2.31. The predicted octanol–water partition coefficient (Wildman–Crippen LogP) is 3.60. The number of aromatic nitrogens is 1. The van der Waals surface area contributed by atoms with Crippen molar-refractivity contribution in [1.29, 1.82) is 0 Å². The minimum atomic E-state index is 0.602. The average molecular weight is 236 g/mol. The van der Waals surface area contributed by atoms with E-state index in [4.69, 9.17) is 12.2 Å². The number of aromatic amines is 1. The second-order valence-corrected chi connectivity index (χ2v) is 5.05. The summed E-state index contributed by atoms with van der Waals surface area (Å²) in [5.74, 6) is 0. The van der Waals surface area contributed by atoms with Gasteiger partial charge in [0.25, 0.3) is 0 Å². The van der Waals surface area contributed by atoms with Crippen molar-refractivity contribution in [3.63, 3.8) is 0 Å². The predicted molar refractivity (Wildman–Crippen MR) is 70.2 cm³/mol. The van der Waals surface area contributed by atoms with Crippen LogP contribution in [-0.2, 0) is 0 Å². The number of H-pyrrole nitrogens is 1. The van der Waals surface area contributed by atoms with Crippen LogP contribution in [0, 0.1) is 11.6 Å². The van der Waals surface area contributed by atoms with Gasteiger partial charge in [0.05, 0.1) is 0 Å². The van der Waals surface area contributed by atoms with Crippen LogP contribution in [-0.4, -0.2) is 23.0 Å². The van der Waals surface area contributed by atoms with Crippen LogP contribution in [0.2, 0.25) is 0 Å². The van der Waals surface area contributed by atoms with Crippen molar-refractivity contribution in [2.45, 2.75) is 39.2 Å². The van der Waals surface area contributed by atoms with Crippen LogP contribution in [0.3, 0.4) is 0 Å². The molecule has 0 aliphatic carbocycles. The number of pyridine rings is 1. The van der Waals surface area contributed by atoms with E-state index in [0.29, 0.717) is 6.04 Å². The molecule has 1 fully saturated rings. The number of nitrogens with one attached hydrogen (secondary N) is 1. The van der Waals surface area contributed by atoms with Crippen molar-refractivity contribution in [2.75, 3.05) is 13.1 Å². The van der Waals surface area contributed by atoms with Crippen molar-refractivity contribution in [3.05, 3.63) is 28.0 Å². The fraction of sp³-hybridized carbons (Fsp3) is 0.615. The van der Waals surface area contributed by atoms with E-state index in [1.54, 1.807) is 0 Å². The normalized spacial score (nSPS) is 21.5. The molecule has 0 amide bonds. The molecule has 2 heterocycles. The van der Waals surface area contributed by atoms with Gasteiger partial charge in [0.15, 0.2) is 0 Å². The lowest BCUT2D eigenvalue weighted by molar-refractivity contribution is 0.257. The van der Waals surface area contributed by atoms with Gasteiger partial charge in [-0.25, -0.2) is 0 Å². The summed E-state index contributed by atoms with van der Waals surface area (Å²) >= 11 is 5.20. The Kier molecular flexibility index (Phi) is 3.77. The van der Waals surface area contributed by atoms with Crippen LogP contribution in [0.25, 0.3) is 0 Å². The monoisotopic (exact) mass is 236 g/mol.